The van der Waals surface area contributed by atoms with Gasteiger partial charge in [-0.15, -0.1) is 0 Å². The molecular weight excluding hydrogens is 497 g/mol. The third-order valence-corrected chi connectivity index (χ3v) is 7.32. The Morgan fingerprint density at radius 3 is 2.68 bits per heavy atom. The van der Waals surface area contributed by atoms with E-state index in [1.807, 2.05) is 20.8 Å². The molecule has 0 aromatic carbocycles. The van der Waals surface area contributed by atoms with Crippen LogP contribution in [0.1, 0.15) is 76.6 Å². The van der Waals surface area contributed by atoms with Gasteiger partial charge in [0.2, 0.25) is 5.95 Å². The van der Waals surface area contributed by atoms with Crippen molar-refractivity contribution in [2.45, 2.75) is 77.9 Å². The Hall–Kier alpha value is -2.52. The highest BCUT2D eigenvalue weighted by molar-refractivity contribution is 6.32. The highest BCUT2D eigenvalue weighted by atomic mass is 35.5. The van der Waals surface area contributed by atoms with Crippen LogP contribution in [0.15, 0.2) is 28.3 Å². The second-order valence-corrected chi connectivity index (χ2v) is 11.4. The van der Waals surface area contributed by atoms with Gasteiger partial charge in [-0.1, -0.05) is 16.8 Å². The molecule has 2 aliphatic rings. The van der Waals surface area contributed by atoms with Crippen molar-refractivity contribution < 1.29 is 14.0 Å². The van der Waals surface area contributed by atoms with E-state index < -0.39 is 11.5 Å². The fourth-order valence-corrected chi connectivity index (χ4v) is 5.18. The number of aromatic nitrogens is 3. The lowest BCUT2D eigenvalue weighted by molar-refractivity contribution is -0.000104. The van der Waals surface area contributed by atoms with Crippen molar-refractivity contribution in [3.8, 4) is 0 Å². The molecule has 0 amide bonds. The quantitative estimate of drug-likeness (QED) is 0.286. The van der Waals surface area contributed by atoms with E-state index in [1.165, 1.54) is 10.7 Å². The predicted molar refractivity (Wildman–Crippen MR) is 143 cm³/mol. The molecule has 1 aliphatic carbocycles. The fraction of sp³-hybridized carbons (Fsp3) is 0.630. The van der Waals surface area contributed by atoms with Gasteiger partial charge in [-0.05, 0) is 84.3 Å². The Morgan fingerprint density at radius 1 is 1.27 bits per heavy atom. The van der Waals surface area contributed by atoms with Gasteiger partial charge < -0.3 is 14.9 Å². The zero-order valence-electron chi connectivity index (χ0n) is 22.1. The van der Waals surface area contributed by atoms with Crippen LogP contribution in [0.4, 0.5) is 10.1 Å². The van der Waals surface area contributed by atoms with Crippen molar-refractivity contribution in [1.29, 1.82) is 0 Å². The van der Waals surface area contributed by atoms with Gasteiger partial charge >= 0.3 is 0 Å². The summed E-state index contributed by atoms with van der Waals surface area (Å²) >= 11 is 6.47. The summed E-state index contributed by atoms with van der Waals surface area (Å²) in [6.07, 6.45) is 6.83. The molecule has 0 bridgehead atoms. The summed E-state index contributed by atoms with van der Waals surface area (Å²) in [5.41, 5.74) is 1.95. The smallest absolute Gasteiger partial charge is 0.287 e. The lowest BCUT2D eigenvalue weighted by Gasteiger charge is -2.30. The van der Waals surface area contributed by atoms with E-state index in [9.17, 15) is 9.18 Å². The number of nitrogens with one attached hydrogen (secondary N) is 1. The maximum Gasteiger partial charge on any atom is 0.287 e. The Bertz CT molecular complexity index is 1170. The molecule has 0 spiro atoms. The molecule has 202 valence electrons. The van der Waals surface area contributed by atoms with E-state index in [4.69, 9.17) is 21.2 Å². The molecule has 1 saturated carbocycles. The number of ether oxygens (including phenoxy) is 1. The average molecular weight is 534 g/mol. The van der Waals surface area contributed by atoms with Gasteiger partial charge in [0.1, 0.15) is 10.6 Å². The number of anilines is 1. The second kappa shape index (κ2) is 11.9. The van der Waals surface area contributed by atoms with Gasteiger partial charge in [0.25, 0.3) is 5.56 Å². The molecule has 1 N–H and O–H groups in total. The van der Waals surface area contributed by atoms with Crippen molar-refractivity contribution in [2.75, 3.05) is 25.1 Å². The highest BCUT2D eigenvalue weighted by Gasteiger charge is 2.30. The van der Waals surface area contributed by atoms with Crippen LogP contribution in [-0.2, 0) is 9.57 Å². The maximum atomic E-state index is 13.7. The van der Waals surface area contributed by atoms with Crippen molar-refractivity contribution in [1.82, 2.24) is 14.8 Å². The minimum absolute atomic E-state index is 0.0562. The number of rotatable bonds is 7. The molecule has 37 heavy (non-hydrogen) atoms. The van der Waals surface area contributed by atoms with Crippen LogP contribution in [0.25, 0.3) is 0 Å². The zero-order valence-corrected chi connectivity index (χ0v) is 22.9. The number of hydrogen-bond acceptors (Lipinski definition) is 7. The summed E-state index contributed by atoms with van der Waals surface area (Å²) in [6.45, 7) is 9.82. The molecule has 1 saturated heterocycles. The van der Waals surface area contributed by atoms with E-state index in [2.05, 4.69) is 20.6 Å². The largest absolute Gasteiger partial charge is 0.390 e. The molecule has 1 atom stereocenters. The Balaban J connectivity index is 1.46. The highest BCUT2D eigenvalue weighted by Crippen LogP contribution is 2.35. The Morgan fingerprint density at radius 2 is 2.03 bits per heavy atom. The first-order valence-electron chi connectivity index (χ1n) is 13.1. The van der Waals surface area contributed by atoms with E-state index >= 15 is 0 Å². The van der Waals surface area contributed by atoms with Crippen LogP contribution in [0.3, 0.4) is 0 Å². The third-order valence-electron chi connectivity index (χ3n) is 6.95. The summed E-state index contributed by atoms with van der Waals surface area (Å²) in [6, 6.07) is 3.01. The van der Waals surface area contributed by atoms with Gasteiger partial charge in [-0.3, -0.25) is 4.79 Å². The second-order valence-electron chi connectivity index (χ2n) is 11.0. The summed E-state index contributed by atoms with van der Waals surface area (Å²) in [5.74, 6) is -0.0247. The minimum Gasteiger partial charge on any atom is -0.390 e. The molecule has 2 fully saturated rings. The maximum absolute atomic E-state index is 13.7. The third kappa shape index (κ3) is 7.08. The Kier molecular flexibility index (Phi) is 8.85. The number of aryl methyl sites for hydroxylation is 1. The number of hydrogen-bond donors (Lipinski definition) is 1. The molecule has 1 unspecified atom stereocenters. The summed E-state index contributed by atoms with van der Waals surface area (Å²) < 4.78 is 20.7. The van der Waals surface area contributed by atoms with Crippen molar-refractivity contribution >= 4 is 23.0 Å². The molecule has 4 rings (SSSR count). The monoisotopic (exact) mass is 533 g/mol. The topological polar surface area (TPSA) is 90.6 Å². The fourth-order valence-electron chi connectivity index (χ4n) is 4.98. The van der Waals surface area contributed by atoms with Gasteiger partial charge in [0.15, 0.2) is 0 Å². The van der Waals surface area contributed by atoms with E-state index in [1.54, 1.807) is 19.2 Å². The molecular formula is C27H37ClFN5O3. The van der Waals surface area contributed by atoms with Crippen molar-refractivity contribution in [2.24, 2.45) is 17.0 Å². The Labute approximate surface area is 222 Å². The molecule has 8 nitrogen and oxygen atoms in total. The van der Waals surface area contributed by atoms with Crippen LogP contribution >= 0.6 is 11.6 Å². The summed E-state index contributed by atoms with van der Waals surface area (Å²) in [5, 5.41) is 12.4. The normalized spacial score (nSPS) is 23.1. The number of nitrogens with zero attached hydrogens (tertiary/aromatic N) is 4. The minimum atomic E-state index is -0.520. The van der Waals surface area contributed by atoms with E-state index in [0.717, 1.165) is 63.0 Å². The summed E-state index contributed by atoms with van der Waals surface area (Å²) in [7, 11) is 0. The van der Waals surface area contributed by atoms with Gasteiger partial charge in [0.05, 0.1) is 30.2 Å². The molecule has 2 aromatic heterocycles. The van der Waals surface area contributed by atoms with E-state index in [-0.39, 0.29) is 22.5 Å². The molecule has 3 heterocycles. The van der Waals surface area contributed by atoms with Gasteiger partial charge in [-0.2, -0.15) is 9.49 Å². The standard InChI is InChI=1S/C27H37ClFN5O3/c1-17-21(11-12-23(29)32-17)25(33-37-27(2,3)4)19-7-9-20(10-8-19)34-26(35)24(28)22(15-31-34)30-14-18-6-5-13-36-16-18/h11-12,15,18-20,30H,5-10,13-14,16H2,1-4H3/b33-25-. The zero-order chi connectivity index (χ0) is 26.6. The summed E-state index contributed by atoms with van der Waals surface area (Å²) in [4.78, 5) is 22.8. The molecule has 10 heteroatoms. The average Bonchev–Trinajstić information content (AvgIpc) is 2.86. The predicted octanol–water partition coefficient (Wildman–Crippen LogP) is 5.53. The number of oxime groups is 1. The SMILES string of the molecule is Cc1nc(F)ccc1/C(=N\OC(C)(C)C)C1CCC(n2ncc(NCC3CCCOC3)c(Cl)c2=O)CC1. The molecule has 2 aromatic rings. The lowest BCUT2D eigenvalue weighted by atomic mass is 9.81. The first-order chi connectivity index (χ1) is 17.6. The molecule has 1 aliphatic heterocycles. The van der Waals surface area contributed by atoms with Gasteiger partial charge in [-0.25, -0.2) is 9.67 Å². The van der Waals surface area contributed by atoms with Crippen molar-refractivity contribution in [3.63, 3.8) is 0 Å². The molecule has 0 radical (unpaired) electrons. The van der Waals surface area contributed by atoms with Gasteiger partial charge in [0, 0.05) is 30.3 Å². The van der Waals surface area contributed by atoms with Crippen LogP contribution < -0.4 is 10.9 Å². The number of pyridine rings is 1. The van der Waals surface area contributed by atoms with Crippen molar-refractivity contribution in [3.05, 3.63) is 50.9 Å². The van der Waals surface area contributed by atoms with Crippen LogP contribution in [0, 0.1) is 24.7 Å². The lowest BCUT2D eigenvalue weighted by Crippen LogP contribution is -2.33. The van der Waals surface area contributed by atoms with Crippen LogP contribution in [0.5, 0.6) is 0 Å². The first-order valence-corrected chi connectivity index (χ1v) is 13.5. The van der Waals surface area contributed by atoms with Crippen LogP contribution in [0.2, 0.25) is 5.02 Å². The van der Waals surface area contributed by atoms with E-state index in [0.29, 0.717) is 23.8 Å². The van der Waals surface area contributed by atoms with Crippen LogP contribution in [-0.4, -0.2) is 45.8 Å². The first kappa shape index (κ1) is 27.5. The number of halogens is 2.